The lowest BCUT2D eigenvalue weighted by molar-refractivity contribution is 1.10. The predicted octanol–water partition coefficient (Wildman–Crippen LogP) is 4.25. The van der Waals surface area contributed by atoms with E-state index in [0.29, 0.717) is 0 Å². The van der Waals surface area contributed by atoms with Crippen LogP contribution in [0.5, 0.6) is 0 Å². The highest BCUT2D eigenvalue weighted by atomic mass is 28.3. The molecule has 2 aromatic rings. The highest BCUT2D eigenvalue weighted by molar-refractivity contribution is 6.75. The fourth-order valence-electron chi connectivity index (χ4n) is 2.55. The van der Waals surface area contributed by atoms with Crippen LogP contribution in [0.2, 0.25) is 19.6 Å². The molecule has 86 valence electrons. The molecule has 1 aromatic carbocycles. The number of hydrogen-bond donors (Lipinski definition) is 0. The van der Waals surface area contributed by atoms with E-state index in [1.54, 1.807) is 0 Å². The maximum atomic E-state index is 2.58. The smallest absolute Gasteiger partial charge is 0.153 e. The Bertz CT molecular complexity index is 544. The minimum Gasteiger partial charge on any atom is -0.372 e. The van der Waals surface area contributed by atoms with E-state index in [1.807, 2.05) is 0 Å². The Balaban J connectivity index is 2.90. The summed E-state index contributed by atoms with van der Waals surface area (Å²) in [6, 6.07) is 6.81. The maximum absolute atomic E-state index is 2.58. The van der Waals surface area contributed by atoms with Crippen LogP contribution in [-0.4, -0.2) is 12.5 Å². The van der Waals surface area contributed by atoms with Gasteiger partial charge >= 0.3 is 0 Å². The third kappa shape index (κ3) is 1.61. The minimum absolute atomic E-state index is 1.32. The molecule has 0 unspecified atom stereocenters. The zero-order valence-corrected chi connectivity index (χ0v) is 12.2. The highest BCUT2D eigenvalue weighted by Crippen LogP contribution is 2.29. The molecule has 0 aliphatic heterocycles. The molecule has 2 heteroatoms. The van der Waals surface area contributed by atoms with Gasteiger partial charge in [-0.25, -0.2) is 0 Å². The van der Waals surface area contributed by atoms with Crippen molar-refractivity contribution >= 4 is 19.1 Å². The molecule has 0 fully saturated rings. The van der Waals surface area contributed by atoms with E-state index in [1.165, 1.54) is 27.7 Å². The monoisotopic (exact) mass is 231 g/mol. The van der Waals surface area contributed by atoms with E-state index in [9.17, 15) is 0 Å². The van der Waals surface area contributed by atoms with Crippen molar-refractivity contribution in [3.63, 3.8) is 0 Å². The lowest BCUT2D eigenvalue weighted by Gasteiger charge is -2.22. The molecular formula is C14H21NSi. The Kier molecular flexibility index (Phi) is 2.50. The molecule has 1 nitrogen and oxygen atoms in total. The average Bonchev–Trinajstić information content (AvgIpc) is 2.40. The zero-order valence-electron chi connectivity index (χ0n) is 11.2. The summed E-state index contributed by atoms with van der Waals surface area (Å²) in [5.74, 6) is 0. The first-order valence-electron chi connectivity index (χ1n) is 5.91. The third-order valence-corrected chi connectivity index (χ3v) is 5.26. The molecule has 0 aliphatic carbocycles. The highest BCUT2D eigenvalue weighted by Gasteiger charge is 2.22. The zero-order chi connectivity index (χ0) is 12.1. The van der Waals surface area contributed by atoms with Gasteiger partial charge in [0.2, 0.25) is 0 Å². The Morgan fingerprint density at radius 1 is 1.00 bits per heavy atom. The fraction of sp³-hybridized carbons (Fsp3) is 0.429. The third-order valence-electron chi connectivity index (χ3n) is 3.35. The molecule has 0 spiro atoms. The second-order valence-electron chi connectivity index (χ2n) is 5.74. The van der Waals surface area contributed by atoms with E-state index in [2.05, 4.69) is 62.8 Å². The molecule has 0 N–H and O–H groups in total. The van der Waals surface area contributed by atoms with Crippen molar-refractivity contribution in [3.8, 4) is 0 Å². The lowest BCUT2D eigenvalue weighted by Crippen LogP contribution is -2.32. The molecule has 0 aliphatic rings. The molecule has 0 saturated carbocycles. The molecule has 0 radical (unpaired) electrons. The quantitative estimate of drug-likeness (QED) is 0.647. The van der Waals surface area contributed by atoms with Gasteiger partial charge in [0.1, 0.15) is 0 Å². The van der Waals surface area contributed by atoms with Crippen LogP contribution < -0.4 is 0 Å². The number of rotatable bonds is 1. The number of aryl methyl sites for hydroxylation is 2. The summed E-state index contributed by atoms with van der Waals surface area (Å²) in [4.78, 5) is 0. The number of hydrogen-bond acceptors (Lipinski definition) is 0. The van der Waals surface area contributed by atoms with Crippen molar-refractivity contribution in [2.24, 2.45) is 0 Å². The molecule has 1 heterocycles. The summed E-state index contributed by atoms with van der Waals surface area (Å²) in [5, 5.41) is 1.43. The topological polar surface area (TPSA) is 4.93 Å². The van der Waals surface area contributed by atoms with Crippen molar-refractivity contribution in [1.29, 1.82) is 0 Å². The normalized spacial score (nSPS) is 12.4. The van der Waals surface area contributed by atoms with E-state index in [4.69, 9.17) is 0 Å². The Labute approximate surface area is 99.2 Å². The van der Waals surface area contributed by atoms with Gasteiger partial charge in [0.15, 0.2) is 8.24 Å². The van der Waals surface area contributed by atoms with Crippen LogP contribution in [0.25, 0.3) is 10.9 Å². The van der Waals surface area contributed by atoms with Crippen molar-refractivity contribution in [1.82, 2.24) is 4.23 Å². The molecule has 1 aromatic heterocycles. The van der Waals surface area contributed by atoms with Crippen molar-refractivity contribution in [3.05, 3.63) is 35.0 Å². The second-order valence-corrected chi connectivity index (χ2v) is 10.5. The van der Waals surface area contributed by atoms with Crippen LogP contribution in [0.15, 0.2) is 18.2 Å². The van der Waals surface area contributed by atoms with Gasteiger partial charge in [-0.2, -0.15) is 0 Å². The van der Waals surface area contributed by atoms with Gasteiger partial charge in [0.05, 0.1) is 0 Å². The second kappa shape index (κ2) is 3.49. The van der Waals surface area contributed by atoms with Gasteiger partial charge in [-0.05, 0) is 38.5 Å². The van der Waals surface area contributed by atoms with Crippen LogP contribution in [0.1, 0.15) is 16.8 Å². The van der Waals surface area contributed by atoms with E-state index in [0.717, 1.165) is 0 Å². The van der Waals surface area contributed by atoms with Crippen molar-refractivity contribution in [2.75, 3.05) is 0 Å². The number of nitrogens with zero attached hydrogens (tertiary/aromatic N) is 1. The minimum atomic E-state index is -1.32. The summed E-state index contributed by atoms with van der Waals surface area (Å²) < 4.78 is 2.58. The summed E-state index contributed by atoms with van der Waals surface area (Å²) >= 11 is 0. The largest absolute Gasteiger partial charge is 0.372 e. The lowest BCUT2D eigenvalue weighted by atomic mass is 10.1. The molecular weight excluding hydrogens is 210 g/mol. The number of fused-ring (bicyclic) bond motifs is 1. The first kappa shape index (κ1) is 11.5. The van der Waals surface area contributed by atoms with Crippen molar-refractivity contribution < 1.29 is 0 Å². The van der Waals surface area contributed by atoms with E-state index < -0.39 is 8.24 Å². The SMILES string of the molecule is Cc1ccc2c(c1)c(C)c(C)n2[Si](C)(C)C. The van der Waals surface area contributed by atoms with Gasteiger partial charge in [0, 0.05) is 16.6 Å². The van der Waals surface area contributed by atoms with Gasteiger partial charge in [-0.3, -0.25) is 0 Å². The standard InChI is InChI=1S/C14H21NSi/c1-10-7-8-14-13(9-10)11(2)12(3)15(14)16(4,5)6/h7-9H,1-6H3. The van der Waals surface area contributed by atoms with Crippen molar-refractivity contribution in [2.45, 2.75) is 40.4 Å². The van der Waals surface area contributed by atoms with Gasteiger partial charge < -0.3 is 4.23 Å². The van der Waals surface area contributed by atoms with Gasteiger partial charge in [-0.1, -0.05) is 31.3 Å². The molecule has 0 amide bonds. The number of aromatic nitrogens is 1. The Hall–Kier alpha value is -1.02. The first-order chi connectivity index (χ1) is 7.32. The summed E-state index contributed by atoms with van der Waals surface area (Å²) in [5.41, 5.74) is 5.66. The summed E-state index contributed by atoms with van der Waals surface area (Å²) in [7, 11) is -1.32. The van der Waals surface area contributed by atoms with Gasteiger partial charge in [0.25, 0.3) is 0 Å². The summed E-state index contributed by atoms with van der Waals surface area (Å²) in [6.07, 6.45) is 0. The first-order valence-corrected chi connectivity index (χ1v) is 9.36. The fourth-order valence-corrected chi connectivity index (χ4v) is 4.64. The molecule has 0 atom stereocenters. The van der Waals surface area contributed by atoms with Gasteiger partial charge in [-0.15, -0.1) is 0 Å². The van der Waals surface area contributed by atoms with Crippen LogP contribution in [0.4, 0.5) is 0 Å². The molecule has 16 heavy (non-hydrogen) atoms. The average molecular weight is 231 g/mol. The maximum Gasteiger partial charge on any atom is 0.153 e. The van der Waals surface area contributed by atoms with Crippen LogP contribution in [-0.2, 0) is 0 Å². The Morgan fingerprint density at radius 2 is 1.62 bits per heavy atom. The molecule has 0 bridgehead atoms. The van der Waals surface area contributed by atoms with Crippen LogP contribution in [0.3, 0.4) is 0 Å². The summed E-state index contributed by atoms with van der Waals surface area (Å²) in [6.45, 7) is 13.9. The number of benzene rings is 1. The molecule has 2 rings (SSSR count). The van der Waals surface area contributed by atoms with E-state index in [-0.39, 0.29) is 0 Å². The van der Waals surface area contributed by atoms with E-state index >= 15 is 0 Å². The Morgan fingerprint density at radius 3 is 2.19 bits per heavy atom. The van der Waals surface area contributed by atoms with Crippen LogP contribution >= 0.6 is 0 Å². The molecule has 0 saturated heterocycles. The van der Waals surface area contributed by atoms with Crippen LogP contribution in [0, 0.1) is 20.8 Å². The predicted molar refractivity (Wildman–Crippen MR) is 74.9 cm³/mol.